The van der Waals surface area contributed by atoms with Gasteiger partial charge in [0, 0.05) is 12.5 Å². The minimum Gasteiger partial charge on any atom is -0.444 e. The summed E-state index contributed by atoms with van der Waals surface area (Å²) in [6.07, 6.45) is 1.28. The predicted molar refractivity (Wildman–Crippen MR) is 62.2 cm³/mol. The average molecular weight is 229 g/mol. The van der Waals surface area contributed by atoms with Crippen molar-refractivity contribution in [3.63, 3.8) is 0 Å². The molecule has 2 atom stereocenters. The van der Waals surface area contributed by atoms with Gasteiger partial charge in [0.05, 0.1) is 12.6 Å². The molecule has 1 aliphatic heterocycles. The quantitative estimate of drug-likeness (QED) is 0.788. The normalized spacial score (nSPS) is 25.9. The summed E-state index contributed by atoms with van der Waals surface area (Å²) in [5, 5.41) is 9.79. The van der Waals surface area contributed by atoms with Crippen LogP contribution in [0.4, 0.5) is 4.79 Å². The van der Waals surface area contributed by atoms with Crippen molar-refractivity contribution < 1.29 is 14.6 Å². The number of β-amino-alcohol motifs (C(OH)–C–C–N with tert-alkyl or cyclic N) is 1. The number of rotatable bonds is 2. The van der Waals surface area contributed by atoms with Crippen LogP contribution in [-0.2, 0) is 4.74 Å². The van der Waals surface area contributed by atoms with E-state index in [1.54, 1.807) is 4.90 Å². The Hall–Kier alpha value is -0.770. The van der Waals surface area contributed by atoms with Gasteiger partial charge in [0.15, 0.2) is 0 Å². The molecule has 1 heterocycles. The Labute approximate surface area is 97.6 Å². The first kappa shape index (κ1) is 13.3. The molecule has 1 N–H and O–H groups in total. The van der Waals surface area contributed by atoms with Crippen LogP contribution in [0.1, 0.15) is 40.5 Å². The molecule has 1 saturated heterocycles. The van der Waals surface area contributed by atoms with Crippen molar-refractivity contribution in [2.45, 2.75) is 52.2 Å². The summed E-state index contributed by atoms with van der Waals surface area (Å²) in [6, 6.07) is 0. The molecule has 1 fully saturated rings. The predicted octanol–water partition coefficient (Wildman–Crippen LogP) is 2.01. The number of aliphatic hydroxyl groups is 1. The highest BCUT2D eigenvalue weighted by molar-refractivity contribution is 5.68. The third-order valence-electron chi connectivity index (χ3n) is 2.72. The van der Waals surface area contributed by atoms with Crippen molar-refractivity contribution >= 4 is 6.09 Å². The molecule has 0 aromatic heterocycles. The highest BCUT2D eigenvalue weighted by atomic mass is 16.6. The van der Waals surface area contributed by atoms with E-state index in [4.69, 9.17) is 4.74 Å². The second-order valence-electron chi connectivity index (χ2n) is 5.50. The van der Waals surface area contributed by atoms with Gasteiger partial charge < -0.3 is 14.7 Å². The summed E-state index contributed by atoms with van der Waals surface area (Å²) < 4.78 is 5.27. The maximum Gasteiger partial charge on any atom is 0.410 e. The Morgan fingerprint density at radius 3 is 2.56 bits per heavy atom. The maximum atomic E-state index is 11.7. The van der Waals surface area contributed by atoms with Crippen LogP contribution in [0, 0.1) is 5.92 Å². The van der Waals surface area contributed by atoms with Crippen molar-refractivity contribution in [1.29, 1.82) is 0 Å². The molecule has 0 aromatic rings. The van der Waals surface area contributed by atoms with Gasteiger partial charge in [0.25, 0.3) is 0 Å². The lowest BCUT2D eigenvalue weighted by molar-refractivity contribution is 0.0269. The Bertz CT molecular complexity index is 247. The zero-order chi connectivity index (χ0) is 12.3. The van der Waals surface area contributed by atoms with Gasteiger partial charge in [-0.2, -0.15) is 0 Å². The zero-order valence-electron chi connectivity index (χ0n) is 10.7. The molecule has 1 amide bonds. The molecule has 16 heavy (non-hydrogen) atoms. The number of ether oxygens (including phenoxy) is 1. The molecule has 1 aliphatic rings. The number of hydrogen-bond acceptors (Lipinski definition) is 3. The van der Waals surface area contributed by atoms with Gasteiger partial charge >= 0.3 is 6.09 Å². The van der Waals surface area contributed by atoms with Gasteiger partial charge in [-0.25, -0.2) is 4.79 Å². The average Bonchev–Trinajstić information content (AvgIpc) is 2.46. The Morgan fingerprint density at radius 1 is 1.44 bits per heavy atom. The Kier molecular flexibility index (Phi) is 4.19. The number of likely N-dealkylation sites (tertiary alicyclic amines) is 1. The van der Waals surface area contributed by atoms with Crippen LogP contribution < -0.4 is 0 Å². The zero-order valence-corrected chi connectivity index (χ0v) is 10.7. The van der Waals surface area contributed by atoms with E-state index in [2.05, 4.69) is 6.92 Å². The monoisotopic (exact) mass is 229 g/mol. The van der Waals surface area contributed by atoms with Gasteiger partial charge in [-0.3, -0.25) is 0 Å². The summed E-state index contributed by atoms with van der Waals surface area (Å²) in [7, 11) is 0. The lowest BCUT2D eigenvalue weighted by Crippen LogP contribution is -2.35. The molecule has 0 radical (unpaired) electrons. The number of nitrogens with zero attached hydrogens (tertiary/aromatic N) is 1. The number of hydrogen-bond donors (Lipinski definition) is 1. The second-order valence-corrected chi connectivity index (χ2v) is 5.50. The van der Waals surface area contributed by atoms with E-state index < -0.39 is 11.7 Å². The van der Waals surface area contributed by atoms with E-state index in [1.807, 2.05) is 20.8 Å². The van der Waals surface area contributed by atoms with Crippen LogP contribution in [-0.4, -0.2) is 40.9 Å². The molecule has 94 valence electrons. The number of aliphatic hydroxyl groups excluding tert-OH is 1. The first-order chi connectivity index (χ1) is 7.33. The lowest BCUT2D eigenvalue weighted by atomic mass is 10.0. The summed E-state index contributed by atoms with van der Waals surface area (Å²) in [5.74, 6) is 0.206. The van der Waals surface area contributed by atoms with Crippen LogP contribution in [0.25, 0.3) is 0 Å². The summed E-state index contributed by atoms with van der Waals surface area (Å²) >= 11 is 0. The molecule has 0 saturated carbocycles. The van der Waals surface area contributed by atoms with Crippen LogP contribution in [0.15, 0.2) is 0 Å². The van der Waals surface area contributed by atoms with Gasteiger partial charge in [-0.05, 0) is 27.2 Å². The fourth-order valence-corrected chi connectivity index (χ4v) is 1.98. The molecule has 0 aliphatic carbocycles. The maximum absolute atomic E-state index is 11.7. The van der Waals surface area contributed by atoms with E-state index in [0.29, 0.717) is 13.1 Å². The summed E-state index contributed by atoms with van der Waals surface area (Å²) in [5.41, 5.74) is -0.467. The van der Waals surface area contributed by atoms with Gasteiger partial charge in [-0.15, -0.1) is 0 Å². The van der Waals surface area contributed by atoms with Crippen LogP contribution >= 0.6 is 0 Å². The molecule has 0 spiro atoms. The van der Waals surface area contributed by atoms with Crippen molar-refractivity contribution in [2.24, 2.45) is 5.92 Å². The van der Waals surface area contributed by atoms with Crippen LogP contribution in [0.5, 0.6) is 0 Å². The third-order valence-corrected chi connectivity index (χ3v) is 2.72. The van der Waals surface area contributed by atoms with E-state index in [9.17, 15) is 9.90 Å². The third kappa shape index (κ3) is 3.67. The standard InChI is InChI=1S/C12H23NO3/c1-5-6-9-7-13(8-10(9)14)11(15)16-12(2,3)4/h9-10,14H,5-8H2,1-4H3. The fraction of sp³-hybridized carbons (Fsp3) is 0.917. The minimum absolute atomic E-state index is 0.206. The molecular weight excluding hydrogens is 206 g/mol. The van der Waals surface area contributed by atoms with Gasteiger partial charge in [0.1, 0.15) is 5.60 Å². The Balaban J connectivity index is 2.48. The molecular formula is C12H23NO3. The first-order valence-electron chi connectivity index (χ1n) is 5.99. The van der Waals surface area contributed by atoms with Crippen molar-refractivity contribution in [3.05, 3.63) is 0 Å². The van der Waals surface area contributed by atoms with Crippen molar-refractivity contribution in [3.8, 4) is 0 Å². The van der Waals surface area contributed by atoms with Crippen LogP contribution in [0.2, 0.25) is 0 Å². The molecule has 1 rings (SSSR count). The minimum atomic E-state index is -0.467. The second kappa shape index (κ2) is 5.04. The summed E-state index contributed by atoms with van der Waals surface area (Å²) in [4.78, 5) is 13.4. The van der Waals surface area contributed by atoms with E-state index in [0.717, 1.165) is 12.8 Å². The van der Waals surface area contributed by atoms with Gasteiger partial charge in [0.2, 0.25) is 0 Å². The van der Waals surface area contributed by atoms with Gasteiger partial charge in [-0.1, -0.05) is 13.3 Å². The van der Waals surface area contributed by atoms with E-state index in [-0.39, 0.29) is 12.0 Å². The van der Waals surface area contributed by atoms with Crippen molar-refractivity contribution in [2.75, 3.05) is 13.1 Å². The number of carbonyl (C=O) groups is 1. The lowest BCUT2D eigenvalue weighted by Gasteiger charge is -2.24. The number of carbonyl (C=O) groups excluding carboxylic acids is 1. The molecule has 4 nitrogen and oxygen atoms in total. The summed E-state index contributed by atoms with van der Waals surface area (Å²) in [6.45, 7) is 8.65. The van der Waals surface area contributed by atoms with Crippen molar-refractivity contribution in [1.82, 2.24) is 4.90 Å². The highest BCUT2D eigenvalue weighted by Crippen LogP contribution is 2.23. The smallest absolute Gasteiger partial charge is 0.410 e. The molecule has 0 bridgehead atoms. The molecule has 2 unspecified atom stereocenters. The fourth-order valence-electron chi connectivity index (χ4n) is 1.98. The molecule has 0 aromatic carbocycles. The number of amides is 1. The SMILES string of the molecule is CCCC1CN(C(=O)OC(C)(C)C)CC1O. The largest absolute Gasteiger partial charge is 0.444 e. The van der Waals surface area contributed by atoms with E-state index >= 15 is 0 Å². The van der Waals surface area contributed by atoms with Crippen LogP contribution in [0.3, 0.4) is 0 Å². The highest BCUT2D eigenvalue weighted by Gasteiger charge is 2.35. The molecule has 4 heteroatoms. The Morgan fingerprint density at radius 2 is 2.06 bits per heavy atom. The topological polar surface area (TPSA) is 49.8 Å². The first-order valence-corrected chi connectivity index (χ1v) is 5.99. The van der Waals surface area contributed by atoms with E-state index in [1.165, 1.54) is 0 Å².